The van der Waals surface area contributed by atoms with Crippen LogP contribution in [0, 0.1) is 0 Å². The van der Waals surface area contributed by atoms with Gasteiger partial charge >= 0.3 is 0 Å². The van der Waals surface area contributed by atoms with Gasteiger partial charge in [-0.2, -0.15) is 0 Å². The van der Waals surface area contributed by atoms with Crippen molar-refractivity contribution < 1.29 is 4.79 Å². The number of hydrogen-bond acceptors (Lipinski definition) is 4. The van der Waals surface area contributed by atoms with Gasteiger partial charge in [0.25, 0.3) is 0 Å². The van der Waals surface area contributed by atoms with Crippen molar-refractivity contribution in [3.8, 4) is 0 Å². The Morgan fingerprint density at radius 2 is 1.90 bits per heavy atom. The quantitative estimate of drug-likeness (QED) is 0.593. The Kier molecular flexibility index (Phi) is 3.20. The molecule has 0 saturated carbocycles. The zero-order valence-electron chi connectivity index (χ0n) is 10.9. The van der Waals surface area contributed by atoms with Crippen molar-refractivity contribution in [3.63, 3.8) is 0 Å². The fraction of sp³-hybridized carbons (Fsp3) is 0.0667. The lowest BCUT2D eigenvalue weighted by molar-refractivity contribution is 0.103. The molecule has 100 valence electrons. The standard InChI is InChI=1S/C15H13N3OS/c1-20-15-14(16)17-12-8-7-11(9-18(12)15)13(19)10-5-3-2-4-6-10/h2-9H,16H2,1H3. The van der Waals surface area contributed by atoms with Crippen LogP contribution in [0.4, 0.5) is 5.82 Å². The molecule has 0 spiro atoms. The molecule has 0 saturated heterocycles. The summed E-state index contributed by atoms with van der Waals surface area (Å²) in [6.07, 6.45) is 3.73. The van der Waals surface area contributed by atoms with E-state index in [-0.39, 0.29) is 5.78 Å². The summed E-state index contributed by atoms with van der Waals surface area (Å²) in [7, 11) is 0. The number of benzene rings is 1. The molecule has 2 N–H and O–H groups in total. The summed E-state index contributed by atoms with van der Waals surface area (Å²) in [5, 5.41) is 0.850. The average Bonchev–Trinajstić information content (AvgIpc) is 2.81. The van der Waals surface area contributed by atoms with Gasteiger partial charge < -0.3 is 5.73 Å². The van der Waals surface area contributed by atoms with Crippen LogP contribution >= 0.6 is 11.8 Å². The van der Waals surface area contributed by atoms with Gasteiger partial charge in [0, 0.05) is 17.3 Å². The van der Waals surface area contributed by atoms with Crippen molar-refractivity contribution in [2.75, 3.05) is 12.0 Å². The van der Waals surface area contributed by atoms with Crippen molar-refractivity contribution in [2.45, 2.75) is 5.03 Å². The zero-order valence-corrected chi connectivity index (χ0v) is 11.7. The minimum Gasteiger partial charge on any atom is -0.381 e. The smallest absolute Gasteiger partial charge is 0.194 e. The molecular formula is C15H13N3OS. The number of rotatable bonds is 3. The van der Waals surface area contributed by atoms with E-state index in [0.29, 0.717) is 16.9 Å². The van der Waals surface area contributed by atoms with E-state index in [1.54, 1.807) is 12.3 Å². The van der Waals surface area contributed by atoms with Crippen molar-refractivity contribution in [1.82, 2.24) is 9.38 Å². The summed E-state index contributed by atoms with van der Waals surface area (Å²) in [4.78, 5) is 16.7. The number of carbonyl (C=O) groups excluding carboxylic acids is 1. The lowest BCUT2D eigenvalue weighted by Gasteiger charge is -2.03. The molecule has 0 bridgehead atoms. The molecule has 0 amide bonds. The molecule has 20 heavy (non-hydrogen) atoms. The number of pyridine rings is 1. The largest absolute Gasteiger partial charge is 0.381 e. The predicted octanol–water partition coefficient (Wildman–Crippen LogP) is 2.87. The van der Waals surface area contributed by atoms with Crippen LogP contribution in [0.3, 0.4) is 0 Å². The fourth-order valence-electron chi connectivity index (χ4n) is 2.13. The number of thioether (sulfide) groups is 1. The molecule has 0 aliphatic carbocycles. The molecular weight excluding hydrogens is 270 g/mol. The Bertz CT molecular complexity index is 780. The molecule has 0 aliphatic rings. The van der Waals surface area contributed by atoms with Gasteiger partial charge in [-0.25, -0.2) is 4.98 Å². The van der Waals surface area contributed by atoms with Gasteiger partial charge in [0.15, 0.2) is 11.6 Å². The Labute approximate surface area is 120 Å². The maximum atomic E-state index is 12.4. The summed E-state index contributed by atoms with van der Waals surface area (Å²) < 4.78 is 1.86. The highest BCUT2D eigenvalue weighted by atomic mass is 32.2. The molecule has 5 heteroatoms. The number of aromatic nitrogens is 2. The molecule has 0 radical (unpaired) electrons. The minimum atomic E-state index is -0.00757. The molecule has 3 aromatic rings. The first kappa shape index (κ1) is 12.7. The van der Waals surface area contributed by atoms with E-state index in [0.717, 1.165) is 10.7 Å². The highest BCUT2D eigenvalue weighted by Gasteiger charge is 2.13. The van der Waals surface area contributed by atoms with Crippen LogP contribution < -0.4 is 5.73 Å². The third-order valence-corrected chi connectivity index (χ3v) is 3.88. The minimum absolute atomic E-state index is 0.00757. The lowest BCUT2D eigenvalue weighted by Crippen LogP contribution is -2.03. The third-order valence-electron chi connectivity index (χ3n) is 3.09. The number of carbonyl (C=O) groups is 1. The Hall–Kier alpha value is -2.27. The Balaban J connectivity index is 2.11. The van der Waals surface area contributed by atoms with Gasteiger partial charge in [-0.3, -0.25) is 9.20 Å². The van der Waals surface area contributed by atoms with Crippen molar-refractivity contribution >= 4 is 29.0 Å². The summed E-state index contributed by atoms with van der Waals surface area (Å²) in [6.45, 7) is 0. The summed E-state index contributed by atoms with van der Waals surface area (Å²) in [5.74, 6) is 0.480. The molecule has 4 nitrogen and oxygen atoms in total. The Morgan fingerprint density at radius 1 is 1.15 bits per heavy atom. The van der Waals surface area contributed by atoms with E-state index in [9.17, 15) is 4.79 Å². The van der Waals surface area contributed by atoms with Crippen LogP contribution in [-0.4, -0.2) is 21.4 Å². The maximum Gasteiger partial charge on any atom is 0.194 e. The second kappa shape index (κ2) is 5.02. The normalized spacial score (nSPS) is 10.8. The molecule has 3 rings (SSSR count). The Morgan fingerprint density at radius 3 is 2.60 bits per heavy atom. The first-order valence-electron chi connectivity index (χ1n) is 6.12. The van der Waals surface area contributed by atoms with Crippen LogP contribution in [0.2, 0.25) is 0 Å². The van der Waals surface area contributed by atoms with Crippen LogP contribution in [0.5, 0.6) is 0 Å². The maximum absolute atomic E-state index is 12.4. The fourth-order valence-corrected chi connectivity index (χ4v) is 2.73. The molecule has 0 fully saturated rings. The van der Waals surface area contributed by atoms with E-state index < -0.39 is 0 Å². The van der Waals surface area contributed by atoms with Crippen LogP contribution in [-0.2, 0) is 0 Å². The van der Waals surface area contributed by atoms with E-state index in [1.807, 2.05) is 47.1 Å². The molecule has 0 unspecified atom stereocenters. The van der Waals surface area contributed by atoms with Gasteiger partial charge in [-0.15, -0.1) is 11.8 Å². The van der Waals surface area contributed by atoms with E-state index in [1.165, 1.54) is 11.8 Å². The average molecular weight is 283 g/mol. The number of nitrogen functional groups attached to an aromatic ring is 1. The van der Waals surface area contributed by atoms with E-state index >= 15 is 0 Å². The van der Waals surface area contributed by atoms with Gasteiger partial charge in [-0.1, -0.05) is 30.3 Å². The first-order valence-corrected chi connectivity index (χ1v) is 7.34. The predicted molar refractivity (Wildman–Crippen MR) is 81.3 cm³/mol. The van der Waals surface area contributed by atoms with Crippen molar-refractivity contribution in [1.29, 1.82) is 0 Å². The SMILES string of the molecule is CSc1c(N)nc2ccc(C(=O)c3ccccc3)cn12. The van der Waals surface area contributed by atoms with Crippen molar-refractivity contribution in [3.05, 3.63) is 59.8 Å². The second-order valence-corrected chi connectivity index (χ2v) is 5.14. The lowest BCUT2D eigenvalue weighted by atomic mass is 10.1. The van der Waals surface area contributed by atoms with Crippen molar-refractivity contribution in [2.24, 2.45) is 0 Å². The monoisotopic (exact) mass is 283 g/mol. The van der Waals surface area contributed by atoms with Crippen LogP contribution in [0.15, 0.2) is 53.7 Å². The highest BCUT2D eigenvalue weighted by molar-refractivity contribution is 7.98. The number of fused-ring (bicyclic) bond motifs is 1. The van der Waals surface area contributed by atoms with Gasteiger partial charge in [0.1, 0.15) is 10.7 Å². The molecule has 2 aromatic heterocycles. The number of imidazole rings is 1. The van der Waals surface area contributed by atoms with Gasteiger partial charge in [-0.05, 0) is 18.4 Å². The van der Waals surface area contributed by atoms with E-state index in [4.69, 9.17) is 5.73 Å². The summed E-state index contributed by atoms with van der Waals surface area (Å²) in [6, 6.07) is 12.8. The molecule has 2 heterocycles. The molecule has 0 aliphatic heterocycles. The topological polar surface area (TPSA) is 60.4 Å². The second-order valence-electron chi connectivity index (χ2n) is 4.35. The van der Waals surface area contributed by atoms with Crippen LogP contribution in [0.25, 0.3) is 5.65 Å². The molecule has 1 aromatic carbocycles. The molecule has 0 atom stereocenters. The summed E-state index contributed by atoms with van der Waals surface area (Å²) in [5.41, 5.74) is 7.90. The number of ketones is 1. The highest BCUT2D eigenvalue weighted by Crippen LogP contribution is 2.24. The van der Waals surface area contributed by atoms with Gasteiger partial charge in [0.2, 0.25) is 0 Å². The zero-order chi connectivity index (χ0) is 14.1. The summed E-state index contributed by atoms with van der Waals surface area (Å²) >= 11 is 1.51. The number of anilines is 1. The van der Waals surface area contributed by atoms with E-state index in [2.05, 4.69) is 4.98 Å². The van der Waals surface area contributed by atoms with Gasteiger partial charge in [0.05, 0.1) is 0 Å². The first-order chi connectivity index (χ1) is 9.70. The third kappa shape index (κ3) is 2.06. The number of nitrogens with two attached hydrogens (primary N) is 1. The van der Waals surface area contributed by atoms with Crippen LogP contribution in [0.1, 0.15) is 15.9 Å². The number of hydrogen-bond donors (Lipinski definition) is 1. The number of nitrogens with zero attached hydrogens (tertiary/aromatic N) is 2.